The van der Waals surface area contributed by atoms with Crippen LogP contribution in [0.1, 0.15) is 16.1 Å². The van der Waals surface area contributed by atoms with Gasteiger partial charge in [0.15, 0.2) is 0 Å². The number of nitrogens with two attached hydrogens (primary N) is 1. The van der Waals surface area contributed by atoms with Crippen LogP contribution < -0.4 is 10.6 Å². The van der Waals surface area contributed by atoms with Gasteiger partial charge >= 0.3 is 0 Å². The Morgan fingerprint density at radius 2 is 2.28 bits per heavy atom. The zero-order valence-corrected chi connectivity index (χ0v) is 11.4. The molecule has 18 heavy (non-hydrogen) atoms. The van der Waals surface area contributed by atoms with Crippen molar-refractivity contribution in [3.8, 4) is 0 Å². The fourth-order valence-corrected chi connectivity index (χ4v) is 3.20. The molecule has 0 fully saturated rings. The van der Waals surface area contributed by atoms with Gasteiger partial charge in [0, 0.05) is 18.0 Å². The molecule has 3 rings (SSSR count). The summed E-state index contributed by atoms with van der Waals surface area (Å²) < 4.78 is 0. The van der Waals surface area contributed by atoms with Crippen LogP contribution in [0.5, 0.6) is 0 Å². The summed E-state index contributed by atoms with van der Waals surface area (Å²) in [6.07, 6.45) is 2.97. The molecule has 0 spiro atoms. The summed E-state index contributed by atoms with van der Waals surface area (Å²) in [5.74, 6) is 0. The lowest BCUT2D eigenvalue weighted by molar-refractivity contribution is 0.742. The summed E-state index contributed by atoms with van der Waals surface area (Å²) in [6, 6.07) is 6.14. The van der Waals surface area contributed by atoms with Gasteiger partial charge in [-0.25, -0.2) is 0 Å². The van der Waals surface area contributed by atoms with Gasteiger partial charge in [-0.15, -0.1) is 11.3 Å². The molecule has 0 aliphatic carbocycles. The van der Waals surface area contributed by atoms with E-state index in [0.29, 0.717) is 10.7 Å². The smallest absolute Gasteiger partial charge is 0.122 e. The lowest BCUT2D eigenvalue weighted by Crippen LogP contribution is -2.29. The summed E-state index contributed by atoms with van der Waals surface area (Å²) in [6.45, 7) is 2.01. The SMILES string of the molecule is NC(=S)c1ccc(N2CCc3sccc3C2)cn1. The number of thiophene rings is 1. The summed E-state index contributed by atoms with van der Waals surface area (Å²) in [5, 5.41) is 2.17. The van der Waals surface area contributed by atoms with Crippen LogP contribution in [0.25, 0.3) is 0 Å². The fraction of sp³-hybridized carbons (Fsp3) is 0.231. The molecule has 5 heteroatoms. The van der Waals surface area contributed by atoms with Gasteiger partial charge in [-0.1, -0.05) is 12.2 Å². The van der Waals surface area contributed by atoms with E-state index in [1.165, 1.54) is 10.4 Å². The van der Waals surface area contributed by atoms with Gasteiger partial charge in [-0.2, -0.15) is 0 Å². The molecule has 3 nitrogen and oxygen atoms in total. The number of rotatable bonds is 2. The third-order valence-corrected chi connectivity index (χ3v) is 4.41. The molecule has 2 N–H and O–H groups in total. The van der Waals surface area contributed by atoms with E-state index in [-0.39, 0.29) is 0 Å². The second-order valence-corrected chi connectivity index (χ2v) is 5.75. The van der Waals surface area contributed by atoms with Crippen molar-refractivity contribution in [2.24, 2.45) is 5.73 Å². The van der Waals surface area contributed by atoms with E-state index in [9.17, 15) is 0 Å². The van der Waals surface area contributed by atoms with Crippen molar-refractivity contribution < 1.29 is 0 Å². The van der Waals surface area contributed by atoms with E-state index in [2.05, 4.69) is 21.3 Å². The van der Waals surface area contributed by atoms with Gasteiger partial charge in [-0.3, -0.25) is 4.98 Å². The van der Waals surface area contributed by atoms with Gasteiger partial charge in [0.1, 0.15) is 4.99 Å². The number of fused-ring (bicyclic) bond motifs is 1. The van der Waals surface area contributed by atoms with Crippen molar-refractivity contribution in [2.75, 3.05) is 11.4 Å². The topological polar surface area (TPSA) is 42.1 Å². The van der Waals surface area contributed by atoms with Crippen molar-refractivity contribution in [3.05, 3.63) is 45.9 Å². The van der Waals surface area contributed by atoms with Crippen LogP contribution in [0.3, 0.4) is 0 Å². The molecule has 0 aromatic carbocycles. The highest BCUT2D eigenvalue weighted by molar-refractivity contribution is 7.80. The van der Waals surface area contributed by atoms with Crippen LogP contribution in [0, 0.1) is 0 Å². The molecule has 0 unspecified atom stereocenters. The second-order valence-electron chi connectivity index (χ2n) is 4.31. The first-order valence-corrected chi connectivity index (χ1v) is 7.09. The molecule has 92 valence electrons. The lowest BCUT2D eigenvalue weighted by atomic mass is 10.1. The van der Waals surface area contributed by atoms with E-state index in [4.69, 9.17) is 18.0 Å². The molecule has 1 aliphatic rings. The molecular weight excluding hydrogens is 262 g/mol. The van der Waals surface area contributed by atoms with Gasteiger partial charge in [-0.05, 0) is 35.6 Å². The number of nitrogens with zero attached hydrogens (tertiary/aromatic N) is 2. The standard InChI is InChI=1S/C13H13N3S2/c14-13(17)11-2-1-10(7-15-11)16-5-3-12-9(8-16)4-6-18-12/h1-2,4,6-7H,3,5,8H2,(H2,14,17). The zero-order valence-electron chi connectivity index (χ0n) is 9.80. The Hall–Kier alpha value is -1.46. The molecule has 0 amide bonds. The van der Waals surface area contributed by atoms with Crippen molar-refractivity contribution in [3.63, 3.8) is 0 Å². The number of hydrogen-bond acceptors (Lipinski definition) is 4. The molecule has 0 bridgehead atoms. The van der Waals surface area contributed by atoms with Gasteiger partial charge in [0.2, 0.25) is 0 Å². The maximum absolute atomic E-state index is 5.55. The Kier molecular flexibility index (Phi) is 3.01. The van der Waals surface area contributed by atoms with Crippen LogP contribution in [0.4, 0.5) is 5.69 Å². The first-order chi connectivity index (χ1) is 8.74. The normalized spacial score (nSPS) is 14.3. The highest BCUT2D eigenvalue weighted by Crippen LogP contribution is 2.27. The van der Waals surface area contributed by atoms with Crippen molar-refractivity contribution in [2.45, 2.75) is 13.0 Å². The summed E-state index contributed by atoms with van der Waals surface area (Å²) in [4.78, 5) is 8.49. The lowest BCUT2D eigenvalue weighted by Gasteiger charge is -2.28. The predicted octanol–water partition coefficient (Wildman–Crippen LogP) is 2.34. The number of pyridine rings is 1. The Labute approximate surface area is 115 Å². The Morgan fingerprint density at radius 3 is 3.00 bits per heavy atom. The summed E-state index contributed by atoms with van der Waals surface area (Å²) in [5.41, 5.74) is 8.80. The van der Waals surface area contributed by atoms with E-state index >= 15 is 0 Å². The van der Waals surface area contributed by atoms with E-state index in [1.54, 1.807) is 0 Å². The first-order valence-electron chi connectivity index (χ1n) is 5.80. The van der Waals surface area contributed by atoms with Gasteiger partial charge in [0.05, 0.1) is 17.6 Å². The molecule has 1 aliphatic heterocycles. The molecule has 0 radical (unpaired) electrons. The maximum Gasteiger partial charge on any atom is 0.122 e. The Bertz CT molecular complexity index is 574. The number of anilines is 1. The molecule has 0 saturated carbocycles. The fourth-order valence-electron chi connectivity index (χ4n) is 2.19. The minimum absolute atomic E-state index is 0.348. The minimum Gasteiger partial charge on any atom is -0.388 e. The summed E-state index contributed by atoms with van der Waals surface area (Å²) in [7, 11) is 0. The Balaban J connectivity index is 1.82. The third-order valence-electron chi connectivity index (χ3n) is 3.17. The largest absolute Gasteiger partial charge is 0.388 e. The van der Waals surface area contributed by atoms with Crippen LogP contribution in [-0.2, 0) is 13.0 Å². The number of hydrogen-bond donors (Lipinski definition) is 1. The molecule has 0 saturated heterocycles. The highest BCUT2D eigenvalue weighted by Gasteiger charge is 2.17. The first kappa shape index (κ1) is 11.6. The average molecular weight is 275 g/mol. The maximum atomic E-state index is 5.55. The second kappa shape index (κ2) is 4.66. The monoisotopic (exact) mass is 275 g/mol. The van der Waals surface area contributed by atoms with Crippen LogP contribution in [0.15, 0.2) is 29.8 Å². The molecule has 3 heterocycles. The third kappa shape index (κ3) is 2.11. The molecule has 2 aromatic rings. The molecule has 0 atom stereocenters. The van der Waals surface area contributed by atoms with Crippen molar-refractivity contribution >= 4 is 34.2 Å². The van der Waals surface area contributed by atoms with Crippen molar-refractivity contribution in [1.29, 1.82) is 0 Å². The predicted molar refractivity (Wildman–Crippen MR) is 79.2 cm³/mol. The minimum atomic E-state index is 0.348. The van der Waals surface area contributed by atoms with Gasteiger partial charge in [0.25, 0.3) is 0 Å². The molecule has 2 aromatic heterocycles. The number of thiocarbonyl (C=S) groups is 1. The van der Waals surface area contributed by atoms with E-state index in [1.807, 2.05) is 29.7 Å². The van der Waals surface area contributed by atoms with E-state index < -0.39 is 0 Å². The quantitative estimate of drug-likeness (QED) is 0.854. The average Bonchev–Trinajstić information content (AvgIpc) is 2.86. The highest BCUT2D eigenvalue weighted by atomic mass is 32.1. The van der Waals surface area contributed by atoms with Gasteiger partial charge < -0.3 is 10.6 Å². The molecular formula is C13H13N3S2. The van der Waals surface area contributed by atoms with Crippen LogP contribution in [-0.4, -0.2) is 16.5 Å². The van der Waals surface area contributed by atoms with E-state index in [0.717, 1.165) is 25.2 Å². The Morgan fingerprint density at radius 1 is 1.39 bits per heavy atom. The summed E-state index contributed by atoms with van der Waals surface area (Å²) >= 11 is 6.76. The van der Waals surface area contributed by atoms with Crippen molar-refractivity contribution in [1.82, 2.24) is 4.98 Å². The number of aromatic nitrogens is 1. The van der Waals surface area contributed by atoms with Crippen LogP contribution in [0.2, 0.25) is 0 Å². The van der Waals surface area contributed by atoms with Crippen LogP contribution >= 0.6 is 23.6 Å². The zero-order chi connectivity index (χ0) is 12.5.